The smallest absolute Gasteiger partial charge is 0.101 e. The Morgan fingerprint density at radius 3 is 2.29 bits per heavy atom. The summed E-state index contributed by atoms with van der Waals surface area (Å²) in [6.45, 7) is 5.14. The van der Waals surface area contributed by atoms with Gasteiger partial charge in [0.05, 0.1) is 17.2 Å². The summed E-state index contributed by atoms with van der Waals surface area (Å²) in [5.41, 5.74) is 3.29. The molecule has 3 nitrogen and oxygen atoms in total. The van der Waals surface area contributed by atoms with E-state index in [0.717, 1.165) is 62.7 Å². The lowest BCUT2D eigenvalue weighted by Gasteiger charge is -2.29. The number of nitriles is 2. The van der Waals surface area contributed by atoms with Crippen LogP contribution in [0.4, 0.5) is 0 Å². The molecular weight excluding hydrogens is 296 g/mol. The molecule has 1 aromatic carbocycles. The van der Waals surface area contributed by atoms with E-state index in [1.807, 2.05) is 0 Å². The Balaban J connectivity index is 2.11. The number of rotatable bonds is 7. The number of nitrogens with zero attached hydrogens (tertiary/aromatic N) is 2. The highest BCUT2D eigenvalue weighted by atomic mass is 16.5. The van der Waals surface area contributed by atoms with E-state index in [2.05, 4.69) is 38.1 Å². The van der Waals surface area contributed by atoms with Gasteiger partial charge in [0.15, 0.2) is 0 Å². The second kappa shape index (κ2) is 9.45. The van der Waals surface area contributed by atoms with Crippen LogP contribution in [0.2, 0.25) is 0 Å². The van der Waals surface area contributed by atoms with Crippen LogP contribution in [0.25, 0.3) is 0 Å². The molecule has 0 spiro atoms. The topological polar surface area (TPSA) is 56.8 Å². The Morgan fingerprint density at radius 2 is 1.71 bits per heavy atom. The Labute approximate surface area is 146 Å². The second-order valence-corrected chi connectivity index (χ2v) is 6.74. The van der Waals surface area contributed by atoms with Gasteiger partial charge in [-0.1, -0.05) is 38.8 Å². The fourth-order valence-electron chi connectivity index (χ4n) is 3.66. The second-order valence-electron chi connectivity index (χ2n) is 6.74. The SMILES string of the molecule is CCCCOC1CCC(c2ccc(CCC)c(C#N)c2C#N)CC1. The predicted octanol–water partition coefficient (Wildman–Crippen LogP) is 5.23. The van der Waals surface area contributed by atoms with E-state index in [1.54, 1.807) is 0 Å². The van der Waals surface area contributed by atoms with Gasteiger partial charge in [0.2, 0.25) is 0 Å². The molecule has 0 aromatic heterocycles. The summed E-state index contributed by atoms with van der Waals surface area (Å²) in [5, 5.41) is 19.1. The molecule has 1 fully saturated rings. The van der Waals surface area contributed by atoms with Crippen LogP contribution in [0.1, 0.15) is 87.0 Å². The van der Waals surface area contributed by atoms with Gasteiger partial charge in [-0.2, -0.15) is 10.5 Å². The maximum atomic E-state index is 9.62. The number of hydrogen-bond acceptors (Lipinski definition) is 3. The summed E-state index contributed by atoms with van der Waals surface area (Å²) in [7, 11) is 0. The third kappa shape index (κ3) is 4.37. The zero-order valence-corrected chi connectivity index (χ0v) is 15.0. The van der Waals surface area contributed by atoms with Gasteiger partial charge >= 0.3 is 0 Å². The molecule has 0 radical (unpaired) electrons. The minimum atomic E-state index is 0.369. The Morgan fingerprint density at radius 1 is 1.00 bits per heavy atom. The first-order valence-corrected chi connectivity index (χ1v) is 9.32. The van der Waals surface area contributed by atoms with Crippen molar-refractivity contribution >= 4 is 0 Å². The largest absolute Gasteiger partial charge is 0.378 e. The van der Waals surface area contributed by atoms with Crippen LogP contribution in [0.3, 0.4) is 0 Å². The van der Waals surface area contributed by atoms with E-state index < -0.39 is 0 Å². The normalized spacial score (nSPS) is 20.3. The van der Waals surface area contributed by atoms with E-state index in [4.69, 9.17) is 4.74 Å². The minimum absolute atomic E-state index is 0.369. The third-order valence-electron chi connectivity index (χ3n) is 5.03. The summed E-state index contributed by atoms with van der Waals surface area (Å²) >= 11 is 0. The maximum Gasteiger partial charge on any atom is 0.101 e. The van der Waals surface area contributed by atoms with Crippen LogP contribution < -0.4 is 0 Å². The number of ether oxygens (including phenoxy) is 1. The predicted molar refractivity (Wildman–Crippen MR) is 95.7 cm³/mol. The van der Waals surface area contributed by atoms with E-state index in [9.17, 15) is 10.5 Å². The summed E-state index contributed by atoms with van der Waals surface area (Å²) in [6.07, 6.45) is 8.70. The van der Waals surface area contributed by atoms with Gasteiger partial charge in [0, 0.05) is 6.61 Å². The van der Waals surface area contributed by atoms with Crippen molar-refractivity contribution in [3.05, 3.63) is 34.4 Å². The molecule has 0 aliphatic heterocycles. The molecule has 0 saturated heterocycles. The molecule has 3 heteroatoms. The summed E-state index contributed by atoms with van der Waals surface area (Å²) in [6, 6.07) is 8.73. The number of hydrogen-bond donors (Lipinski definition) is 0. The number of aryl methyl sites for hydroxylation is 1. The molecule has 24 heavy (non-hydrogen) atoms. The van der Waals surface area contributed by atoms with Crippen LogP contribution in [0.5, 0.6) is 0 Å². The van der Waals surface area contributed by atoms with Crippen LogP contribution >= 0.6 is 0 Å². The zero-order chi connectivity index (χ0) is 17.4. The Bertz CT molecular complexity index is 616. The van der Waals surface area contributed by atoms with Crippen LogP contribution in [0.15, 0.2) is 12.1 Å². The summed E-state index contributed by atoms with van der Waals surface area (Å²) in [5.74, 6) is 0.383. The maximum absolute atomic E-state index is 9.62. The molecule has 1 saturated carbocycles. The van der Waals surface area contributed by atoms with Gasteiger partial charge in [-0.15, -0.1) is 0 Å². The first kappa shape index (κ1) is 18.5. The molecule has 0 heterocycles. The van der Waals surface area contributed by atoms with Gasteiger partial charge < -0.3 is 4.74 Å². The monoisotopic (exact) mass is 324 g/mol. The number of benzene rings is 1. The third-order valence-corrected chi connectivity index (χ3v) is 5.03. The molecule has 0 atom stereocenters. The molecule has 0 amide bonds. The first-order chi connectivity index (χ1) is 11.7. The van der Waals surface area contributed by atoms with Crippen molar-refractivity contribution in [2.24, 2.45) is 0 Å². The fourth-order valence-corrected chi connectivity index (χ4v) is 3.66. The zero-order valence-electron chi connectivity index (χ0n) is 15.0. The van der Waals surface area contributed by atoms with Crippen molar-refractivity contribution in [1.82, 2.24) is 0 Å². The highest BCUT2D eigenvalue weighted by Gasteiger charge is 2.26. The standard InChI is InChI=1S/C21H28N2O/c1-3-5-13-24-18-10-7-17(8-11-18)19-12-9-16(6-4-2)20(14-22)21(19)15-23/h9,12,17-18H,3-8,10-11,13H2,1-2H3. The van der Waals surface area contributed by atoms with Crippen molar-refractivity contribution in [1.29, 1.82) is 10.5 Å². The Hall–Kier alpha value is -1.84. The van der Waals surface area contributed by atoms with Crippen molar-refractivity contribution in [2.45, 2.75) is 77.2 Å². The van der Waals surface area contributed by atoms with E-state index in [1.165, 1.54) is 6.42 Å². The summed E-state index contributed by atoms with van der Waals surface area (Å²) in [4.78, 5) is 0. The van der Waals surface area contributed by atoms with Crippen LogP contribution in [-0.2, 0) is 11.2 Å². The lowest BCUT2D eigenvalue weighted by molar-refractivity contribution is 0.0232. The van der Waals surface area contributed by atoms with Crippen molar-refractivity contribution in [3.63, 3.8) is 0 Å². The van der Waals surface area contributed by atoms with Crippen LogP contribution in [-0.4, -0.2) is 12.7 Å². The quantitative estimate of drug-likeness (QED) is 0.646. The molecule has 0 N–H and O–H groups in total. The van der Waals surface area contributed by atoms with Gasteiger partial charge in [0.25, 0.3) is 0 Å². The highest BCUT2D eigenvalue weighted by Crippen LogP contribution is 2.37. The highest BCUT2D eigenvalue weighted by molar-refractivity contribution is 5.55. The Kier molecular flexibility index (Phi) is 7.29. The van der Waals surface area contributed by atoms with Gasteiger partial charge in [-0.05, 0) is 55.6 Å². The van der Waals surface area contributed by atoms with Gasteiger partial charge in [-0.25, -0.2) is 0 Å². The molecule has 1 aliphatic carbocycles. The lowest BCUT2D eigenvalue weighted by atomic mass is 9.79. The van der Waals surface area contributed by atoms with Crippen molar-refractivity contribution in [3.8, 4) is 12.1 Å². The fraction of sp³-hybridized carbons (Fsp3) is 0.619. The molecule has 0 bridgehead atoms. The summed E-state index contributed by atoms with van der Waals surface area (Å²) < 4.78 is 5.94. The van der Waals surface area contributed by atoms with Gasteiger partial charge in [0.1, 0.15) is 12.1 Å². The average Bonchev–Trinajstić information content (AvgIpc) is 2.62. The van der Waals surface area contributed by atoms with E-state index in [0.29, 0.717) is 23.1 Å². The molecule has 128 valence electrons. The molecule has 2 rings (SSSR count). The van der Waals surface area contributed by atoms with E-state index in [-0.39, 0.29) is 0 Å². The van der Waals surface area contributed by atoms with E-state index >= 15 is 0 Å². The van der Waals surface area contributed by atoms with Gasteiger partial charge in [-0.3, -0.25) is 0 Å². The molecule has 1 aliphatic rings. The van der Waals surface area contributed by atoms with Crippen molar-refractivity contribution < 1.29 is 4.74 Å². The molecule has 1 aromatic rings. The minimum Gasteiger partial charge on any atom is -0.378 e. The lowest BCUT2D eigenvalue weighted by Crippen LogP contribution is -2.22. The van der Waals surface area contributed by atoms with Crippen LogP contribution in [0, 0.1) is 22.7 Å². The number of unbranched alkanes of at least 4 members (excludes halogenated alkanes) is 1. The molecular formula is C21H28N2O. The van der Waals surface area contributed by atoms with Crippen molar-refractivity contribution in [2.75, 3.05) is 6.61 Å². The average molecular weight is 324 g/mol. The first-order valence-electron chi connectivity index (χ1n) is 9.32. The molecule has 0 unspecified atom stereocenters.